The predicted octanol–water partition coefficient (Wildman–Crippen LogP) is 3.79. The molecular weight excluding hydrogens is 364 g/mol. The van der Waals surface area contributed by atoms with Gasteiger partial charge >= 0.3 is 5.97 Å². The average Bonchev–Trinajstić information content (AvgIpc) is 2.86. The van der Waals surface area contributed by atoms with Crippen LogP contribution in [-0.4, -0.2) is 29.7 Å². The van der Waals surface area contributed by atoms with Crippen molar-refractivity contribution in [3.05, 3.63) is 50.4 Å². The second kappa shape index (κ2) is 8.13. The van der Waals surface area contributed by atoms with Gasteiger partial charge in [0.2, 0.25) is 5.91 Å². The number of amides is 1. The van der Waals surface area contributed by atoms with Crippen LogP contribution in [0, 0.1) is 24.0 Å². The number of nitro groups is 1. The van der Waals surface area contributed by atoms with Gasteiger partial charge < -0.3 is 10.1 Å². The van der Waals surface area contributed by atoms with E-state index in [0.717, 1.165) is 15.3 Å². The van der Waals surface area contributed by atoms with Gasteiger partial charge in [-0.1, -0.05) is 0 Å². The molecule has 1 aromatic carbocycles. The van der Waals surface area contributed by atoms with E-state index in [0.29, 0.717) is 10.6 Å². The van der Waals surface area contributed by atoms with Crippen molar-refractivity contribution in [2.75, 3.05) is 18.2 Å². The quantitative estimate of drug-likeness (QED) is 0.354. The summed E-state index contributed by atoms with van der Waals surface area (Å²) in [4.78, 5) is 35.9. The first-order valence-corrected chi connectivity index (χ1v) is 8.99. The Morgan fingerprint density at radius 1 is 1.28 bits per heavy atom. The number of carbonyl (C=O) groups is 2. The van der Waals surface area contributed by atoms with Crippen LogP contribution in [0.2, 0.25) is 0 Å². The van der Waals surface area contributed by atoms with Crippen LogP contribution in [-0.2, 0) is 9.53 Å². The van der Waals surface area contributed by atoms with Gasteiger partial charge in [0.25, 0.3) is 5.69 Å². The largest absolute Gasteiger partial charge is 0.465 e. The number of nitro benzene ring substituents is 1. The van der Waals surface area contributed by atoms with E-state index in [4.69, 9.17) is 4.74 Å². The van der Waals surface area contributed by atoms with Gasteiger partial charge in [0.1, 0.15) is 5.00 Å². The number of ether oxygens (including phenoxy) is 1. The number of non-ortho nitro benzene ring substituents is 1. The number of anilines is 1. The summed E-state index contributed by atoms with van der Waals surface area (Å²) in [5.74, 6) is -0.635. The number of methoxy groups -OCH3 is 1. The molecule has 7 nitrogen and oxygen atoms in total. The number of hydrogen-bond donors (Lipinski definition) is 1. The van der Waals surface area contributed by atoms with Crippen molar-refractivity contribution >= 4 is 45.7 Å². The summed E-state index contributed by atoms with van der Waals surface area (Å²) in [7, 11) is 1.30. The van der Waals surface area contributed by atoms with Gasteiger partial charge in [0, 0.05) is 21.9 Å². The lowest BCUT2D eigenvalue weighted by Crippen LogP contribution is -2.16. The number of thioether (sulfide) groups is 1. The summed E-state index contributed by atoms with van der Waals surface area (Å²) >= 11 is 2.58. The third-order valence-corrected chi connectivity index (χ3v) is 5.58. The highest BCUT2D eigenvalue weighted by Gasteiger charge is 2.21. The maximum Gasteiger partial charge on any atom is 0.341 e. The number of benzene rings is 1. The van der Waals surface area contributed by atoms with E-state index in [9.17, 15) is 19.7 Å². The standard InChI is InChI=1S/C16H16N2O5S2/c1-9-10(2)25-15(14(9)16(20)23-3)17-13(19)8-24-12-6-4-11(5-7-12)18(21)22/h4-7H,8H2,1-3H3,(H,17,19). The number of thiophene rings is 1. The zero-order valence-corrected chi connectivity index (χ0v) is 15.5. The topological polar surface area (TPSA) is 98.5 Å². The Morgan fingerprint density at radius 2 is 1.92 bits per heavy atom. The predicted molar refractivity (Wildman–Crippen MR) is 97.6 cm³/mol. The highest BCUT2D eigenvalue weighted by molar-refractivity contribution is 8.00. The van der Waals surface area contributed by atoms with Crippen molar-refractivity contribution in [1.29, 1.82) is 0 Å². The summed E-state index contributed by atoms with van der Waals surface area (Å²) in [6, 6.07) is 5.97. The number of carbonyl (C=O) groups excluding carboxylic acids is 2. The molecule has 0 atom stereocenters. The summed E-state index contributed by atoms with van der Waals surface area (Å²) < 4.78 is 4.77. The molecule has 0 fully saturated rings. The Balaban J connectivity index is 2.02. The van der Waals surface area contributed by atoms with Gasteiger partial charge in [0.15, 0.2) is 0 Å². The number of nitrogens with one attached hydrogen (secondary N) is 1. The molecule has 0 aliphatic carbocycles. The Kier molecular flexibility index (Phi) is 6.16. The number of aryl methyl sites for hydroxylation is 1. The molecule has 0 unspecified atom stereocenters. The molecule has 0 aliphatic heterocycles. The molecule has 9 heteroatoms. The van der Waals surface area contributed by atoms with E-state index in [2.05, 4.69) is 5.32 Å². The fourth-order valence-corrected chi connectivity index (χ4v) is 3.80. The molecule has 25 heavy (non-hydrogen) atoms. The number of rotatable bonds is 6. The van der Waals surface area contributed by atoms with Crippen LogP contribution >= 0.6 is 23.1 Å². The van der Waals surface area contributed by atoms with Crippen LogP contribution in [0.4, 0.5) is 10.7 Å². The minimum Gasteiger partial charge on any atom is -0.465 e. The van der Waals surface area contributed by atoms with Crippen LogP contribution in [0.25, 0.3) is 0 Å². The Bertz CT molecular complexity index is 815. The lowest BCUT2D eigenvalue weighted by atomic mass is 10.1. The van der Waals surface area contributed by atoms with Gasteiger partial charge in [-0.05, 0) is 31.5 Å². The Morgan fingerprint density at radius 3 is 2.48 bits per heavy atom. The van der Waals surface area contributed by atoms with E-state index in [1.807, 2.05) is 6.92 Å². The van der Waals surface area contributed by atoms with Gasteiger partial charge in [-0.15, -0.1) is 23.1 Å². The maximum absolute atomic E-state index is 12.2. The molecule has 1 amide bonds. The lowest BCUT2D eigenvalue weighted by Gasteiger charge is -2.06. The van der Waals surface area contributed by atoms with Crippen LogP contribution < -0.4 is 5.32 Å². The van der Waals surface area contributed by atoms with Crippen LogP contribution in [0.15, 0.2) is 29.2 Å². The average molecular weight is 380 g/mol. The normalized spacial score (nSPS) is 10.4. The first kappa shape index (κ1) is 18.9. The molecule has 0 aliphatic rings. The zero-order chi connectivity index (χ0) is 18.6. The zero-order valence-electron chi connectivity index (χ0n) is 13.8. The third-order valence-electron chi connectivity index (χ3n) is 3.45. The summed E-state index contributed by atoms with van der Waals surface area (Å²) in [6.45, 7) is 3.67. The van der Waals surface area contributed by atoms with Crippen LogP contribution in [0.1, 0.15) is 20.8 Å². The van der Waals surface area contributed by atoms with E-state index >= 15 is 0 Å². The smallest absolute Gasteiger partial charge is 0.341 e. The van der Waals surface area contributed by atoms with Crippen LogP contribution in [0.3, 0.4) is 0 Å². The number of nitrogens with zero attached hydrogens (tertiary/aromatic N) is 1. The van der Waals surface area contributed by atoms with E-state index in [1.54, 1.807) is 19.1 Å². The van der Waals surface area contributed by atoms with E-state index in [-0.39, 0.29) is 17.3 Å². The monoisotopic (exact) mass is 380 g/mol. The molecule has 0 bridgehead atoms. The molecule has 0 saturated carbocycles. The second-order valence-electron chi connectivity index (χ2n) is 5.07. The minimum absolute atomic E-state index is 0.000979. The van der Waals surface area contributed by atoms with Gasteiger partial charge in [-0.2, -0.15) is 0 Å². The second-order valence-corrected chi connectivity index (χ2v) is 7.34. The first-order valence-electron chi connectivity index (χ1n) is 7.19. The molecule has 1 aromatic heterocycles. The van der Waals surface area contributed by atoms with Crippen molar-refractivity contribution in [2.45, 2.75) is 18.7 Å². The SMILES string of the molecule is COC(=O)c1c(NC(=O)CSc2ccc([N+](=O)[O-])cc2)sc(C)c1C. The molecule has 1 heterocycles. The lowest BCUT2D eigenvalue weighted by molar-refractivity contribution is -0.384. The molecule has 2 rings (SSSR count). The van der Waals surface area contributed by atoms with Crippen molar-refractivity contribution < 1.29 is 19.2 Å². The highest BCUT2D eigenvalue weighted by atomic mass is 32.2. The van der Waals surface area contributed by atoms with Crippen LogP contribution in [0.5, 0.6) is 0 Å². The molecule has 132 valence electrons. The van der Waals surface area contributed by atoms with E-state index in [1.165, 1.54) is 42.3 Å². The Labute approximate surface area is 152 Å². The molecule has 2 aromatic rings. The molecule has 1 N–H and O–H groups in total. The van der Waals surface area contributed by atoms with Crippen molar-refractivity contribution in [3.63, 3.8) is 0 Å². The first-order chi connectivity index (χ1) is 11.8. The van der Waals surface area contributed by atoms with E-state index < -0.39 is 10.9 Å². The fourth-order valence-electron chi connectivity index (χ4n) is 2.04. The highest BCUT2D eigenvalue weighted by Crippen LogP contribution is 2.33. The Hall–Kier alpha value is -2.39. The minimum atomic E-state index is -0.486. The molecular formula is C16H16N2O5S2. The molecule has 0 spiro atoms. The number of hydrogen-bond acceptors (Lipinski definition) is 7. The van der Waals surface area contributed by atoms with Crippen molar-refractivity contribution in [1.82, 2.24) is 0 Å². The van der Waals surface area contributed by atoms with Gasteiger partial charge in [-0.25, -0.2) is 4.79 Å². The van der Waals surface area contributed by atoms with Crippen molar-refractivity contribution in [3.8, 4) is 0 Å². The summed E-state index contributed by atoms with van der Waals surface area (Å²) in [5.41, 5.74) is 1.16. The van der Waals surface area contributed by atoms with Crippen molar-refractivity contribution in [2.24, 2.45) is 0 Å². The molecule has 0 radical (unpaired) electrons. The fraction of sp³-hybridized carbons (Fsp3) is 0.250. The van der Waals surface area contributed by atoms with Gasteiger partial charge in [0.05, 0.1) is 23.3 Å². The number of esters is 1. The maximum atomic E-state index is 12.2. The third kappa shape index (κ3) is 4.58. The van der Waals surface area contributed by atoms with Gasteiger partial charge in [-0.3, -0.25) is 14.9 Å². The molecule has 0 saturated heterocycles. The summed E-state index contributed by atoms with van der Waals surface area (Å²) in [6.07, 6.45) is 0. The summed E-state index contributed by atoms with van der Waals surface area (Å²) in [5, 5.41) is 13.8.